The van der Waals surface area contributed by atoms with Crippen molar-refractivity contribution in [2.24, 2.45) is 0 Å². The van der Waals surface area contributed by atoms with Gasteiger partial charge in [-0.2, -0.15) is 11.8 Å². The van der Waals surface area contributed by atoms with Crippen LogP contribution in [-0.4, -0.2) is 27.7 Å². The van der Waals surface area contributed by atoms with Crippen molar-refractivity contribution < 1.29 is 0 Å². The van der Waals surface area contributed by atoms with Crippen molar-refractivity contribution in [2.75, 3.05) is 18.1 Å². The highest BCUT2D eigenvalue weighted by atomic mass is 35.5. The molecule has 0 aliphatic heterocycles. The molecular formula is C11H17Cl2N3S. The number of aromatic nitrogens is 2. The van der Waals surface area contributed by atoms with E-state index in [1.54, 1.807) is 6.07 Å². The van der Waals surface area contributed by atoms with E-state index in [0.717, 1.165) is 25.1 Å². The zero-order valence-electron chi connectivity index (χ0n) is 10.3. The smallest absolute Gasteiger partial charge is 0.174 e. The summed E-state index contributed by atoms with van der Waals surface area (Å²) in [5, 5.41) is 11.5. The Morgan fingerprint density at radius 3 is 2.47 bits per heavy atom. The number of halogens is 2. The molecule has 17 heavy (non-hydrogen) atoms. The molecule has 1 N–H and O–H groups in total. The Morgan fingerprint density at radius 2 is 1.94 bits per heavy atom. The minimum Gasteiger partial charge on any atom is -0.381 e. The quantitative estimate of drug-likeness (QED) is 0.856. The summed E-state index contributed by atoms with van der Waals surface area (Å²) in [6.45, 7) is 5.23. The van der Waals surface area contributed by atoms with Gasteiger partial charge in [-0.15, -0.1) is 10.2 Å². The van der Waals surface area contributed by atoms with Crippen LogP contribution in [0.4, 0.5) is 5.69 Å². The topological polar surface area (TPSA) is 37.8 Å². The van der Waals surface area contributed by atoms with Gasteiger partial charge in [0.05, 0.1) is 5.69 Å². The van der Waals surface area contributed by atoms with E-state index in [1.807, 2.05) is 11.8 Å². The fourth-order valence-corrected chi connectivity index (χ4v) is 2.69. The summed E-state index contributed by atoms with van der Waals surface area (Å²) in [5.74, 6) is 0. The fraction of sp³-hybridized carbons (Fsp3) is 0.636. The van der Waals surface area contributed by atoms with Gasteiger partial charge in [-0.05, 0) is 19.1 Å². The van der Waals surface area contributed by atoms with Crippen molar-refractivity contribution in [3.05, 3.63) is 16.4 Å². The second-order valence-electron chi connectivity index (χ2n) is 3.82. The van der Waals surface area contributed by atoms with Crippen LogP contribution >= 0.6 is 35.0 Å². The number of hydrogen-bond acceptors (Lipinski definition) is 4. The molecule has 1 rings (SSSR count). The van der Waals surface area contributed by atoms with Crippen LogP contribution in [0, 0.1) is 0 Å². The van der Waals surface area contributed by atoms with Crippen LogP contribution in [0.5, 0.6) is 0 Å². The van der Waals surface area contributed by atoms with Gasteiger partial charge in [0, 0.05) is 17.4 Å². The Morgan fingerprint density at radius 1 is 1.29 bits per heavy atom. The second-order valence-corrected chi connectivity index (χ2v) is 5.84. The van der Waals surface area contributed by atoms with Crippen LogP contribution in [0.1, 0.15) is 26.7 Å². The molecule has 0 aromatic carbocycles. The summed E-state index contributed by atoms with van der Waals surface area (Å²) in [5.41, 5.74) is 0.743. The lowest BCUT2D eigenvalue weighted by molar-refractivity contribution is 0.574. The summed E-state index contributed by atoms with van der Waals surface area (Å²) >= 11 is 13.6. The molecule has 0 bridgehead atoms. The Hall–Kier alpha value is -0.190. The molecule has 0 aliphatic carbocycles. The average Bonchev–Trinajstić information content (AvgIpc) is 2.35. The molecule has 0 saturated carbocycles. The maximum Gasteiger partial charge on any atom is 0.174 e. The second kappa shape index (κ2) is 6.66. The van der Waals surface area contributed by atoms with Gasteiger partial charge >= 0.3 is 0 Å². The lowest BCUT2D eigenvalue weighted by atomic mass is 10.0. The third kappa shape index (κ3) is 3.90. The van der Waals surface area contributed by atoms with Gasteiger partial charge < -0.3 is 5.32 Å². The van der Waals surface area contributed by atoms with Gasteiger partial charge in [0.15, 0.2) is 10.3 Å². The molecule has 0 aliphatic rings. The van der Waals surface area contributed by atoms with Crippen LogP contribution < -0.4 is 5.32 Å². The molecule has 1 heterocycles. The number of anilines is 1. The predicted octanol–water partition coefficient (Wildman–Crippen LogP) is 4.12. The highest BCUT2D eigenvalue weighted by Gasteiger charge is 2.24. The first-order valence-electron chi connectivity index (χ1n) is 5.54. The van der Waals surface area contributed by atoms with Crippen LogP contribution in [0.3, 0.4) is 0 Å². The molecule has 6 heteroatoms. The average molecular weight is 294 g/mol. The summed E-state index contributed by atoms with van der Waals surface area (Å²) in [4.78, 5) is 0. The Labute approximate surface area is 117 Å². The maximum absolute atomic E-state index is 5.95. The lowest BCUT2D eigenvalue weighted by Crippen LogP contribution is -2.32. The van der Waals surface area contributed by atoms with Crippen molar-refractivity contribution in [2.45, 2.75) is 31.4 Å². The summed E-state index contributed by atoms with van der Waals surface area (Å²) < 4.78 is 0.221. The van der Waals surface area contributed by atoms with Crippen LogP contribution in [0.2, 0.25) is 10.3 Å². The van der Waals surface area contributed by atoms with E-state index < -0.39 is 0 Å². The zero-order valence-corrected chi connectivity index (χ0v) is 12.6. The van der Waals surface area contributed by atoms with Gasteiger partial charge in [0.1, 0.15) is 0 Å². The highest BCUT2D eigenvalue weighted by Crippen LogP contribution is 2.31. The minimum atomic E-state index is 0.221. The molecule has 1 aromatic heterocycles. The van der Waals surface area contributed by atoms with E-state index in [-0.39, 0.29) is 4.75 Å². The minimum absolute atomic E-state index is 0.221. The zero-order chi connectivity index (χ0) is 12.9. The van der Waals surface area contributed by atoms with Crippen molar-refractivity contribution in [3.63, 3.8) is 0 Å². The van der Waals surface area contributed by atoms with Crippen LogP contribution in [-0.2, 0) is 0 Å². The molecule has 0 unspecified atom stereocenters. The molecule has 0 fully saturated rings. The molecule has 1 aromatic rings. The number of thioether (sulfide) groups is 1. The molecule has 0 spiro atoms. The van der Waals surface area contributed by atoms with E-state index in [0.29, 0.717) is 10.3 Å². The van der Waals surface area contributed by atoms with Crippen molar-refractivity contribution in [3.8, 4) is 0 Å². The van der Waals surface area contributed by atoms with Crippen molar-refractivity contribution in [1.29, 1.82) is 0 Å². The van der Waals surface area contributed by atoms with Gasteiger partial charge in [-0.3, -0.25) is 0 Å². The molecule has 0 saturated heterocycles. The van der Waals surface area contributed by atoms with E-state index in [2.05, 4.69) is 35.6 Å². The number of nitrogens with zero attached hydrogens (tertiary/aromatic N) is 2. The molecule has 0 atom stereocenters. The number of nitrogens with one attached hydrogen (secondary N) is 1. The first-order chi connectivity index (χ1) is 8.06. The van der Waals surface area contributed by atoms with Gasteiger partial charge in [-0.25, -0.2) is 0 Å². The first-order valence-corrected chi connectivity index (χ1v) is 7.52. The van der Waals surface area contributed by atoms with E-state index in [9.17, 15) is 0 Å². The van der Waals surface area contributed by atoms with Crippen molar-refractivity contribution in [1.82, 2.24) is 10.2 Å². The molecule has 96 valence electrons. The SMILES string of the molecule is CCC(CC)(CNc1cc(Cl)nnc1Cl)SC. The third-order valence-electron chi connectivity index (χ3n) is 3.04. The normalized spacial score (nSPS) is 11.6. The fourth-order valence-electron chi connectivity index (χ4n) is 1.59. The number of rotatable bonds is 6. The molecular weight excluding hydrogens is 277 g/mol. The van der Waals surface area contributed by atoms with Gasteiger partial charge in [0.25, 0.3) is 0 Å². The van der Waals surface area contributed by atoms with E-state index >= 15 is 0 Å². The number of hydrogen-bond donors (Lipinski definition) is 1. The van der Waals surface area contributed by atoms with Gasteiger partial charge in [-0.1, -0.05) is 37.0 Å². The Balaban J connectivity index is 2.75. The monoisotopic (exact) mass is 293 g/mol. The lowest BCUT2D eigenvalue weighted by Gasteiger charge is -2.30. The largest absolute Gasteiger partial charge is 0.381 e. The standard InChI is InChI=1S/C11H17Cl2N3S/c1-4-11(5-2,17-3)7-14-8-6-9(12)15-16-10(8)13/h6H,4-5,7H2,1-3H3,(H,14,15). The molecule has 3 nitrogen and oxygen atoms in total. The predicted molar refractivity (Wildman–Crippen MR) is 77.4 cm³/mol. The van der Waals surface area contributed by atoms with Crippen molar-refractivity contribution >= 4 is 40.7 Å². The van der Waals surface area contributed by atoms with Gasteiger partial charge in [0.2, 0.25) is 0 Å². The Kier molecular flexibility index (Phi) is 5.83. The third-order valence-corrected chi connectivity index (χ3v) is 5.09. The van der Waals surface area contributed by atoms with E-state index in [4.69, 9.17) is 23.2 Å². The first kappa shape index (κ1) is 14.9. The maximum atomic E-state index is 5.95. The Bertz CT molecular complexity index is 361. The summed E-state index contributed by atoms with van der Waals surface area (Å²) in [7, 11) is 0. The highest BCUT2D eigenvalue weighted by molar-refractivity contribution is 8.00. The van der Waals surface area contributed by atoms with E-state index in [1.165, 1.54) is 0 Å². The van der Waals surface area contributed by atoms with Crippen LogP contribution in [0.15, 0.2) is 6.07 Å². The molecule has 0 amide bonds. The summed E-state index contributed by atoms with van der Waals surface area (Å²) in [6.07, 6.45) is 4.33. The molecule has 0 radical (unpaired) electrons. The van der Waals surface area contributed by atoms with Crippen LogP contribution in [0.25, 0.3) is 0 Å². The summed E-state index contributed by atoms with van der Waals surface area (Å²) in [6, 6.07) is 1.70.